The molecule has 92 valence electrons. The lowest BCUT2D eigenvalue weighted by Crippen LogP contribution is -2.10. The van der Waals surface area contributed by atoms with E-state index in [0.717, 1.165) is 11.3 Å². The summed E-state index contributed by atoms with van der Waals surface area (Å²) in [6.07, 6.45) is 0. The first-order valence-corrected chi connectivity index (χ1v) is 6.77. The number of hydrogen-bond acceptors (Lipinski definition) is 2. The van der Waals surface area contributed by atoms with E-state index in [1.54, 1.807) is 0 Å². The highest BCUT2D eigenvalue weighted by Gasteiger charge is 2.03. The van der Waals surface area contributed by atoms with Gasteiger partial charge in [0.25, 0.3) is 0 Å². The summed E-state index contributed by atoms with van der Waals surface area (Å²) in [6.45, 7) is 2.06. The highest BCUT2D eigenvalue weighted by molar-refractivity contribution is 7.98. The quantitative estimate of drug-likeness (QED) is 0.499. The van der Waals surface area contributed by atoms with Crippen LogP contribution in [0.2, 0.25) is 0 Å². The Labute approximate surface area is 112 Å². The Morgan fingerprint density at radius 3 is 2.50 bits per heavy atom. The van der Waals surface area contributed by atoms with Gasteiger partial charge in [-0.3, -0.25) is 5.41 Å². The lowest BCUT2D eigenvalue weighted by molar-refractivity contribution is 1.27. The zero-order chi connectivity index (χ0) is 13.0. The van der Waals surface area contributed by atoms with E-state index in [9.17, 15) is 0 Å². The van der Waals surface area contributed by atoms with Crippen molar-refractivity contribution in [2.45, 2.75) is 17.6 Å². The Kier molecular flexibility index (Phi) is 4.05. The minimum Gasteiger partial charge on any atom is -0.384 e. The van der Waals surface area contributed by atoms with Gasteiger partial charge in [0, 0.05) is 16.2 Å². The second-order valence-electron chi connectivity index (χ2n) is 4.17. The normalized spacial score (nSPS) is 10.3. The lowest BCUT2D eigenvalue weighted by Gasteiger charge is -2.07. The maximum Gasteiger partial charge on any atom is 0.122 e. The average Bonchev–Trinajstić information content (AvgIpc) is 2.38. The Bertz CT molecular complexity index is 550. The third-order valence-corrected chi connectivity index (χ3v) is 3.97. The average molecular weight is 256 g/mol. The molecule has 0 unspecified atom stereocenters. The number of hydrogen-bond donors (Lipinski definition) is 2. The van der Waals surface area contributed by atoms with Crippen LogP contribution in [0.5, 0.6) is 0 Å². The predicted molar refractivity (Wildman–Crippen MR) is 78.2 cm³/mol. The van der Waals surface area contributed by atoms with Crippen LogP contribution in [0.3, 0.4) is 0 Å². The van der Waals surface area contributed by atoms with Gasteiger partial charge in [0.1, 0.15) is 5.84 Å². The summed E-state index contributed by atoms with van der Waals surface area (Å²) in [6, 6.07) is 16.3. The topological polar surface area (TPSA) is 49.9 Å². The molecule has 2 aromatic carbocycles. The molecule has 0 spiro atoms. The summed E-state index contributed by atoms with van der Waals surface area (Å²) in [5.41, 5.74) is 8.75. The van der Waals surface area contributed by atoms with Crippen LogP contribution in [-0.4, -0.2) is 5.84 Å². The molecule has 0 bridgehead atoms. The van der Waals surface area contributed by atoms with Crippen molar-refractivity contribution in [2.24, 2.45) is 5.73 Å². The summed E-state index contributed by atoms with van der Waals surface area (Å²) >= 11 is 1.81. The minimum absolute atomic E-state index is 0.123. The SMILES string of the molecule is Cc1cc(C(=N)N)ccc1SCc1ccccc1. The lowest BCUT2D eigenvalue weighted by atomic mass is 10.1. The van der Waals surface area contributed by atoms with Crippen molar-refractivity contribution in [1.82, 2.24) is 0 Å². The van der Waals surface area contributed by atoms with Crippen molar-refractivity contribution in [3.8, 4) is 0 Å². The van der Waals surface area contributed by atoms with E-state index in [1.807, 2.05) is 36.0 Å². The molecule has 0 aliphatic rings. The molecule has 0 radical (unpaired) electrons. The third kappa shape index (κ3) is 3.14. The zero-order valence-electron chi connectivity index (χ0n) is 10.3. The maximum absolute atomic E-state index is 7.41. The predicted octanol–water partition coefficient (Wildman–Crippen LogP) is 3.57. The molecule has 2 rings (SSSR count). The van der Waals surface area contributed by atoms with E-state index in [0.29, 0.717) is 0 Å². The number of nitrogen functional groups attached to an aromatic ring is 1. The molecular weight excluding hydrogens is 240 g/mol. The second-order valence-corrected chi connectivity index (χ2v) is 5.19. The largest absolute Gasteiger partial charge is 0.384 e. The summed E-state index contributed by atoms with van der Waals surface area (Å²) in [4.78, 5) is 1.24. The van der Waals surface area contributed by atoms with Crippen LogP contribution in [0.1, 0.15) is 16.7 Å². The Balaban J connectivity index is 2.08. The van der Waals surface area contributed by atoms with Crippen LogP contribution in [0, 0.1) is 12.3 Å². The highest BCUT2D eigenvalue weighted by Crippen LogP contribution is 2.26. The molecule has 3 heteroatoms. The van der Waals surface area contributed by atoms with Gasteiger partial charge in [-0.15, -0.1) is 11.8 Å². The maximum atomic E-state index is 7.41. The summed E-state index contributed by atoms with van der Waals surface area (Å²) < 4.78 is 0. The van der Waals surface area contributed by atoms with Crippen molar-refractivity contribution >= 4 is 17.6 Å². The van der Waals surface area contributed by atoms with Crippen molar-refractivity contribution in [1.29, 1.82) is 5.41 Å². The molecule has 18 heavy (non-hydrogen) atoms. The summed E-state index contributed by atoms with van der Waals surface area (Å²) in [7, 11) is 0. The number of amidine groups is 1. The van der Waals surface area contributed by atoms with Gasteiger partial charge in [-0.05, 0) is 30.2 Å². The summed E-state index contributed by atoms with van der Waals surface area (Å²) in [5, 5.41) is 7.41. The van der Waals surface area contributed by atoms with Gasteiger partial charge in [-0.1, -0.05) is 36.4 Å². The van der Waals surface area contributed by atoms with Crippen LogP contribution in [0.15, 0.2) is 53.4 Å². The molecule has 0 amide bonds. The molecule has 0 atom stereocenters. The highest BCUT2D eigenvalue weighted by atomic mass is 32.2. The van der Waals surface area contributed by atoms with E-state index in [2.05, 4.69) is 31.2 Å². The smallest absolute Gasteiger partial charge is 0.122 e. The molecule has 0 aliphatic heterocycles. The monoisotopic (exact) mass is 256 g/mol. The van der Waals surface area contributed by atoms with Gasteiger partial charge < -0.3 is 5.73 Å². The standard InChI is InChI=1S/C15H16N2S/c1-11-9-13(15(16)17)7-8-14(11)18-10-12-5-3-2-4-6-12/h2-9H,10H2,1H3,(H3,16,17). The Hall–Kier alpha value is -1.74. The fraction of sp³-hybridized carbons (Fsp3) is 0.133. The molecule has 0 fully saturated rings. The molecule has 0 saturated heterocycles. The molecule has 0 aromatic heterocycles. The summed E-state index contributed by atoms with van der Waals surface area (Å²) in [5.74, 6) is 1.08. The second kappa shape index (κ2) is 5.74. The number of nitrogens with two attached hydrogens (primary N) is 1. The van der Waals surface area contributed by atoms with Crippen LogP contribution in [0.25, 0.3) is 0 Å². The zero-order valence-corrected chi connectivity index (χ0v) is 11.1. The number of aryl methyl sites for hydroxylation is 1. The molecule has 2 aromatic rings. The van der Waals surface area contributed by atoms with E-state index in [1.165, 1.54) is 16.0 Å². The van der Waals surface area contributed by atoms with E-state index < -0.39 is 0 Å². The number of nitrogens with one attached hydrogen (secondary N) is 1. The van der Waals surface area contributed by atoms with Crippen LogP contribution in [0.4, 0.5) is 0 Å². The van der Waals surface area contributed by atoms with Crippen molar-refractivity contribution in [3.05, 3.63) is 65.2 Å². The van der Waals surface area contributed by atoms with Crippen molar-refractivity contribution in [2.75, 3.05) is 0 Å². The first kappa shape index (κ1) is 12.7. The van der Waals surface area contributed by atoms with Gasteiger partial charge in [0.15, 0.2) is 0 Å². The number of rotatable bonds is 4. The Morgan fingerprint density at radius 2 is 1.89 bits per heavy atom. The first-order valence-electron chi connectivity index (χ1n) is 5.78. The number of thioether (sulfide) groups is 1. The molecule has 0 heterocycles. The van der Waals surface area contributed by atoms with E-state index in [-0.39, 0.29) is 5.84 Å². The molecule has 0 aliphatic carbocycles. The minimum atomic E-state index is 0.123. The molecular formula is C15H16N2S. The van der Waals surface area contributed by atoms with Crippen LogP contribution < -0.4 is 5.73 Å². The molecule has 2 nitrogen and oxygen atoms in total. The third-order valence-electron chi connectivity index (χ3n) is 2.72. The molecule has 3 N–H and O–H groups in total. The number of benzene rings is 2. The van der Waals surface area contributed by atoms with Crippen LogP contribution >= 0.6 is 11.8 Å². The fourth-order valence-electron chi connectivity index (χ4n) is 1.71. The van der Waals surface area contributed by atoms with Gasteiger partial charge in [-0.2, -0.15) is 0 Å². The van der Waals surface area contributed by atoms with E-state index >= 15 is 0 Å². The van der Waals surface area contributed by atoms with Gasteiger partial charge in [0.2, 0.25) is 0 Å². The van der Waals surface area contributed by atoms with Gasteiger partial charge in [-0.25, -0.2) is 0 Å². The van der Waals surface area contributed by atoms with Crippen molar-refractivity contribution < 1.29 is 0 Å². The first-order chi connectivity index (χ1) is 8.66. The van der Waals surface area contributed by atoms with Gasteiger partial charge in [0.05, 0.1) is 0 Å². The van der Waals surface area contributed by atoms with Crippen molar-refractivity contribution in [3.63, 3.8) is 0 Å². The molecule has 0 saturated carbocycles. The van der Waals surface area contributed by atoms with Crippen LogP contribution in [-0.2, 0) is 5.75 Å². The Morgan fingerprint density at radius 1 is 1.17 bits per heavy atom. The fourth-order valence-corrected chi connectivity index (χ4v) is 2.68. The van der Waals surface area contributed by atoms with Gasteiger partial charge >= 0.3 is 0 Å². The van der Waals surface area contributed by atoms with E-state index in [4.69, 9.17) is 11.1 Å².